The van der Waals surface area contributed by atoms with E-state index in [1.165, 1.54) is 9.13 Å². The van der Waals surface area contributed by atoms with Crippen molar-refractivity contribution in [1.82, 2.24) is 9.78 Å². The van der Waals surface area contributed by atoms with E-state index in [0.29, 0.717) is 6.61 Å². The van der Waals surface area contributed by atoms with Gasteiger partial charge in [-0.2, -0.15) is 5.10 Å². The fourth-order valence-corrected chi connectivity index (χ4v) is 1.94. The minimum Gasteiger partial charge on any atom is -0.380 e. The van der Waals surface area contributed by atoms with Crippen LogP contribution >= 0.6 is 22.6 Å². The summed E-state index contributed by atoms with van der Waals surface area (Å²) < 4.78 is 8.47. The minimum absolute atomic E-state index is 0.713. The molecule has 0 N–H and O–H groups in total. The van der Waals surface area contributed by atoms with Crippen molar-refractivity contribution in [2.24, 2.45) is 0 Å². The number of hydrogen-bond donors (Lipinski definition) is 0. The van der Waals surface area contributed by atoms with Crippen LogP contribution in [0.5, 0.6) is 0 Å². The van der Waals surface area contributed by atoms with Gasteiger partial charge in [0, 0.05) is 21.9 Å². The molecule has 0 spiro atoms. The van der Waals surface area contributed by atoms with Gasteiger partial charge in [0.05, 0.1) is 19.3 Å². The third-order valence-corrected chi connectivity index (χ3v) is 3.20. The Kier molecular flexibility index (Phi) is 4.56. The van der Waals surface area contributed by atoms with Crippen molar-refractivity contribution < 1.29 is 4.74 Å². The Morgan fingerprint density at radius 1 is 1.24 bits per heavy atom. The molecule has 0 aliphatic heterocycles. The van der Waals surface area contributed by atoms with Crippen LogP contribution in [0.4, 0.5) is 0 Å². The number of benzene rings is 1. The second kappa shape index (κ2) is 6.16. The van der Waals surface area contributed by atoms with E-state index in [0.717, 1.165) is 18.7 Å². The zero-order valence-corrected chi connectivity index (χ0v) is 11.9. The number of halogens is 1. The smallest absolute Gasteiger partial charge is 0.0662 e. The highest BCUT2D eigenvalue weighted by molar-refractivity contribution is 14.1. The van der Waals surface area contributed by atoms with Crippen LogP contribution in [-0.4, -0.2) is 23.0 Å². The monoisotopic (exact) mass is 342 g/mol. The van der Waals surface area contributed by atoms with E-state index in [9.17, 15) is 0 Å². The maximum absolute atomic E-state index is 5.31. The summed E-state index contributed by atoms with van der Waals surface area (Å²) in [6.07, 6.45) is 3.95. The molecule has 0 amide bonds. The molecular weight excluding hydrogens is 327 g/mol. The van der Waals surface area contributed by atoms with E-state index in [4.69, 9.17) is 4.74 Å². The molecule has 0 saturated carbocycles. The largest absolute Gasteiger partial charge is 0.380 e. The zero-order valence-electron chi connectivity index (χ0n) is 9.77. The van der Waals surface area contributed by atoms with Crippen LogP contribution < -0.4 is 0 Å². The molecule has 2 aromatic rings. The van der Waals surface area contributed by atoms with E-state index in [2.05, 4.69) is 58.2 Å². The van der Waals surface area contributed by atoms with Crippen molar-refractivity contribution in [3.63, 3.8) is 0 Å². The highest BCUT2D eigenvalue weighted by Gasteiger charge is 2.01. The summed E-state index contributed by atoms with van der Waals surface area (Å²) in [4.78, 5) is 0. The minimum atomic E-state index is 0.713. The van der Waals surface area contributed by atoms with Crippen molar-refractivity contribution in [3.05, 3.63) is 40.2 Å². The molecule has 0 atom stereocenters. The van der Waals surface area contributed by atoms with Crippen LogP contribution in [0.3, 0.4) is 0 Å². The fourth-order valence-electron chi connectivity index (χ4n) is 1.58. The van der Waals surface area contributed by atoms with Crippen LogP contribution in [0.1, 0.15) is 6.92 Å². The van der Waals surface area contributed by atoms with Gasteiger partial charge in [-0.3, -0.25) is 4.68 Å². The molecule has 4 heteroatoms. The van der Waals surface area contributed by atoms with Gasteiger partial charge in [-0.05, 0) is 47.2 Å². The van der Waals surface area contributed by atoms with Gasteiger partial charge in [-0.1, -0.05) is 12.1 Å². The van der Waals surface area contributed by atoms with E-state index in [1.54, 1.807) is 0 Å². The molecule has 1 heterocycles. The van der Waals surface area contributed by atoms with E-state index in [-0.39, 0.29) is 0 Å². The molecule has 1 aromatic heterocycles. The Hall–Kier alpha value is -0.880. The summed E-state index contributed by atoms with van der Waals surface area (Å²) in [6, 6.07) is 8.44. The van der Waals surface area contributed by atoms with Crippen molar-refractivity contribution in [2.45, 2.75) is 13.5 Å². The molecule has 0 unspecified atom stereocenters. The molecule has 90 valence electrons. The quantitative estimate of drug-likeness (QED) is 0.616. The van der Waals surface area contributed by atoms with Gasteiger partial charge in [0.25, 0.3) is 0 Å². The third-order valence-electron chi connectivity index (χ3n) is 2.48. The molecule has 17 heavy (non-hydrogen) atoms. The third kappa shape index (κ3) is 3.54. The summed E-state index contributed by atoms with van der Waals surface area (Å²) in [5, 5.41) is 4.32. The Morgan fingerprint density at radius 3 is 2.71 bits per heavy atom. The lowest BCUT2D eigenvalue weighted by atomic mass is 10.1. The molecule has 0 fully saturated rings. The van der Waals surface area contributed by atoms with E-state index in [1.807, 2.05) is 17.8 Å². The first-order valence-electron chi connectivity index (χ1n) is 5.65. The van der Waals surface area contributed by atoms with Gasteiger partial charge in [-0.25, -0.2) is 0 Å². The average Bonchev–Trinajstić information content (AvgIpc) is 2.79. The number of aromatic nitrogens is 2. The summed E-state index contributed by atoms with van der Waals surface area (Å²) in [5.74, 6) is 0. The molecule has 1 aromatic carbocycles. The SMILES string of the molecule is CCOCCn1cc(-c2ccc(I)cc2)cn1. The Labute approximate surface area is 115 Å². The molecule has 0 aliphatic rings. The van der Waals surface area contributed by atoms with Gasteiger partial charge >= 0.3 is 0 Å². The number of hydrogen-bond acceptors (Lipinski definition) is 2. The average molecular weight is 342 g/mol. The Morgan fingerprint density at radius 2 is 2.00 bits per heavy atom. The lowest BCUT2D eigenvalue weighted by Gasteiger charge is -2.01. The molecule has 0 bridgehead atoms. The van der Waals surface area contributed by atoms with Gasteiger partial charge in [-0.15, -0.1) is 0 Å². The second-order valence-corrected chi connectivity index (χ2v) is 4.94. The highest BCUT2D eigenvalue weighted by Crippen LogP contribution is 2.19. The van der Waals surface area contributed by atoms with Crippen molar-refractivity contribution in [1.29, 1.82) is 0 Å². The van der Waals surface area contributed by atoms with E-state index < -0.39 is 0 Å². The molecule has 0 radical (unpaired) electrons. The summed E-state index contributed by atoms with van der Waals surface area (Å²) in [5.41, 5.74) is 2.35. The van der Waals surface area contributed by atoms with Crippen LogP contribution in [0.25, 0.3) is 11.1 Å². The first-order valence-corrected chi connectivity index (χ1v) is 6.73. The van der Waals surface area contributed by atoms with Crippen LogP contribution in [0, 0.1) is 3.57 Å². The van der Waals surface area contributed by atoms with Crippen molar-refractivity contribution >= 4 is 22.6 Å². The molecule has 2 rings (SSSR count). The predicted molar refractivity (Wildman–Crippen MR) is 76.9 cm³/mol. The Bertz CT molecular complexity index is 465. The Balaban J connectivity index is 2.04. The highest BCUT2D eigenvalue weighted by atomic mass is 127. The van der Waals surface area contributed by atoms with Crippen LogP contribution in [0.2, 0.25) is 0 Å². The standard InChI is InChI=1S/C13H15IN2O/c1-2-17-8-7-16-10-12(9-15-16)11-3-5-13(14)6-4-11/h3-6,9-10H,2,7-8H2,1H3. The predicted octanol–water partition coefficient (Wildman–Crippen LogP) is 3.19. The first-order chi connectivity index (χ1) is 8.29. The molecule has 0 saturated heterocycles. The summed E-state index contributed by atoms with van der Waals surface area (Å²) >= 11 is 2.31. The fraction of sp³-hybridized carbons (Fsp3) is 0.308. The lowest BCUT2D eigenvalue weighted by molar-refractivity contribution is 0.136. The van der Waals surface area contributed by atoms with E-state index >= 15 is 0 Å². The normalized spacial score (nSPS) is 10.7. The maximum atomic E-state index is 5.31. The first kappa shape index (κ1) is 12.6. The maximum Gasteiger partial charge on any atom is 0.0662 e. The summed E-state index contributed by atoms with van der Waals surface area (Å²) in [7, 11) is 0. The second-order valence-electron chi connectivity index (χ2n) is 3.70. The van der Waals surface area contributed by atoms with Gasteiger partial charge in [0.2, 0.25) is 0 Å². The molecular formula is C13H15IN2O. The van der Waals surface area contributed by atoms with Crippen molar-refractivity contribution in [3.8, 4) is 11.1 Å². The number of nitrogens with zero attached hydrogens (tertiary/aromatic N) is 2. The summed E-state index contributed by atoms with van der Waals surface area (Å²) in [6.45, 7) is 4.27. The van der Waals surface area contributed by atoms with Gasteiger partial charge < -0.3 is 4.74 Å². The number of ether oxygens (including phenoxy) is 1. The van der Waals surface area contributed by atoms with Gasteiger partial charge in [0.15, 0.2) is 0 Å². The van der Waals surface area contributed by atoms with Crippen LogP contribution in [-0.2, 0) is 11.3 Å². The van der Waals surface area contributed by atoms with Gasteiger partial charge in [0.1, 0.15) is 0 Å². The molecule has 3 nitrogen and oxygen atoms in total. The number of rotatable bonds is 5. The zero-order chi connectivity index (χ0) is 12.1. The van der Waals surface area contributed by atoms with Crippen molar-refractivity contribution in [2.75, 3.05) is 13.2 Å². The lowest BCUT2D eigenvalue weighted by Crippen LogP contribution is -2.05. The van der Waals surface area contributed by atoms with Crippen LogP contribution in [0.15, 0.2) is 36.7 Å². The molecule has 0 aliphatic carbocycles. The topological polar surface area (TPSA) is 27.1 Å².